The first-order valence-corrected chi connectivity index (χ1v) is 6.80. The van der Waals surface area contributed by atoms with Gasteiger partial charge in [0.25, 0.3) is 0 Å². The summed E-state index contributed by atoms with van der Waals surface area (Å²) in [5.74, 6) is -0.852. The number of nitrogens with one attached hydrogen (secondary N) is 1. The number of carboxylic acid groups (broad SMARTS) is 1. The molecule has 122 valence electrons. The van der Waals surface area contributed by atoms with E-state index in [0.717, 1.165) is 5.56 Å². The first kappa shape index (κ1) is 17.6. The van der Waals surface area contributed by atoms with Gasteiger partial charge < -0.3 is 25.6 Å². The molecule has 0 unspecified atom stereocenters. The Labute approximate surface area is 129 Å². The normalized spacial score (nSPS) is 12.4. The fourth-order valence-corrected chi connectivity index (χ4v) is 1.56. The van der Waals surface area contributed by atoms with Crippen molar-refractivity contribution in [1.82, 2.24) is 5.32 Å². The number of carbonyl (C=O) groups is 2. The minimum absolute atomic E-state index is 0.262. The molecule has 7 nitrogen and oxygen atoms in total. The van der Waals surface area contributed by atoms with E-state index in [1.807, 2.05) is 13.0 Å². The van der Waals surface area contributed by atoms with Gasteiger partial charge in [-0.25, -0.2) is 9.59 Å². The molecule has 1 aromatic rings. The Kier molecular flexibility index (Phi) is 5.62. The number of hydrogen-bond acceptors (Lipinski definition) is 5. The second kappa shape index (κ2) is 7.02. The van der Waals surface area contributed by atoms with Crippen molar-refractivity contribution in [2.75, 3.05) is 12.3 Å². The van der Waals surface area contributed by atoms with Gasteiger partial charge in [0, 0.05) is 0 Å². The maximum absolute atomic E-state index is 11.6. The lowest BCUT2D eigenvalue weighted by molar-refractivity contribution is -0.140. The number of rotatable bonds is 5. The molecule has 22 heavy (non-hydrogen) atoms. The van der Waals surface area contributed by atoms with Crippen LogP contribution in [0.2, 0.25) is 0 Å². The minimum atomic E-state index is -1.24. The predicted molar refractivity (Wildman–Crippen MR) is 81.9 cm³/mol. The van der Waals surface area contributed by atoms with Crippen LogP contribution in [-0.4, -0.2) is 35.4 Å². The number of nitrogen functional groups attached to an aromatic ring is 1. The second-order valence-corrected chi connectivity index (χ2v) is 5.89. The van der Waals surface area contributed by atoms with Gasteiger partial charge in [-0.05, 0) is 45.4 Å². The lowest BCUT2D eigenvalue weighted by atomic mass is 10.2. The summed E-state index contributed by atoms with van der Waals surface area (Å²) in [6.07, 6.45) is -0.819. The van der Waals surface area contributed by atoms with Crippen LogP contribution in [0, 0.1) is 6.92 Å². The zero-order valence-corrected chi connectivity index (χ0v) is 13.2. The van der Waals surface area contributed by atoms with E-state index >= 15 is 0 Å². The van der Waals surface area contributed by atoms with E-state index in [-0.39, 0.29) is 6.61 Å². The number of benzene rings is 1. The maximum atomic E-state index is 11.6. The largest absolute Gasteiger partial charge is 0.489 e. The zero-order chi connectivity index (χ0) is 16.9. The first-order chi connectivity index (χ1) is 10.1. The van der Waals surface area contributed by atoms with Crippen LogP contribution in [-0.2, 0) is 9.53 Å². The van der Waals surface area contributed by atoms with E-state index in [9.17, 15) is 9.59 Å². The molecule has 0 aliphatic rings. The number of ether oxygens (including phenoxy) is 2. The van der Waals surface area contributed by atoms with Crippen molar-refractivity contribution in [3.05, 3.63) is 23.8 Å². The van der Waals surface area contributed by atoms with Gasteiger partial charge in [0.2, 0.25) is 0 Å². The average Bonchev–Trinajstić information content (AvgIpc) is 2.35. The molecule has 0 aromatic heterocycles. The van der Waals surface area contributed by atoms with Crippen LogP contribution in [0.25, 0.3) is 0 Å². The fraction of sp³-hybridized carbons (Fsp3) is 0.467. The average molecular weight is 310 g/mol. The highest BCUT2D eigenvalue weighted by Gasteiger charge is 2.24. The van der Waals surface area contributed by atoms with Gasteiger partial charge in [-0.1, -0.05) is 6.07 Å². The SMILES string of the molecule is Cc1ccc(N)c(OC[C@@H](NC(=O)OC(C)(C)C)C(=O)O)c1. The standard InChI is InChI=1S/C15H22N2O5/c1-9-5-6-10(16)12(7-9)21-8-11(13(18)19)17-14(20)22-15(2,3)4/h5-7,11H,8,16H2,1-4H3,(H,17,20)(H,18,19)/t11-/m1/s1. The van der Waals surface area contributed by atoms with E-state index in [2.05, 4.69) is 5.32 Å². The van der Waals surface area contributed by atoms with E-state index in [0.29, 0.717) is 11.4 Å². The summed E-state index contributed by atoms with van der Waals surface area (Å²) in [5.41, 5.74) is 6.36. The summed E-state index contributed by atoms with van der Waals surface area (Å²) in [6, 6.07) is 3.94. The molecule has 7 heteroatoms. The first-order valence-electron chi connectivity index (χ1n) is 6.80. The van der Waals surface area contributed by atoms with Crippen LogP contribution in [0.5, 0.6) is 5.75 Å². The monoisotopic (exact) mass is 310 g/mol. The van der Waals surface area contributed by atoms with Crippen LogP contribution >= 0.6 is 0 Å². The summed E-state index contributed by atoms with van der Waals surface area (Å²) in [5, 5.41) is 11.4. The quantitative estimate of drug-likeness (QED) is 0.717. The number of amides is 1. The van der Waals surface area contributed by atoms with Gasteiger partial charge in [-0.2, -0.15) is 0 Å². The minimum Gasteiger partial charge on any atom is -0.489 e. The number of aryl methyl sites for hydroxylation is 1. The van der Waals surface area contributed by atoms with Gasteiger partial charge in [0.1, 0.15) is 18.0 Å². The van der Waals surface area contributed by atoms with E-state index in [1.54, 1.807) is 32.9 Å². The molecule has 0 bridgehead atoms. The third-order valence-corrected chi connectivity index (χ3v) is 2.56. The molecular formula is C15H22N2O5. The van der Waals surface area contributed by atoms with Crippen LogP contribution < -0.4 is 15.8 Å². The number of carboxylic acids is 1. The topological polar surface area (TPSA) is 111 Å². The Morgan fingerprint density at radius 1 is 1.36 bits per heavy atom. The molecule has 0 spiro atoms. The van der Waals surface area contributed by atoms with Gasteiger partial charge in [-0.15, -0.1) is 0 Å². The number of anilines is 1. The third-order valence-electron chi connectivity index (χ3n) is 2.56. The van der Waals surface area contributed by atoms with E-state index in [4.69, 9.17) is 20.3 Å². The maximum Gasteiger partial charge on any atom is 0.408 e. The lowest BCUT2D eigenvalue weighted by Gasteiger charge is -2.22. The van der Waals surface area contributed by atoms with Crippen LogP contribution in [0.3, 0.4) is 0 Å². The molecule has 0 saturated carbocycles. The highest BCUT2D eigenvalue weighted by atomic mass is 16.6. The molecule has 0 radical (unpaired) electrons. The van der Waals surface area contributed by atoms with Gasteiger partial charge >= 0.3 is 12.1 Å². The van der Waals surface area contributed by atoms with Crippen molar-refractivity contribution in [3.63, 3.8) is 0 Å². The molecule has 0 heterocycles. The number of carbonyl (C=O) groups excluding carboxylic acids is 1. The van der Waals surface area contributed by atoms with Crippen molar-refractivity contribution in [3.8, 4) is 5.75 Å². The summed E-state index contributed by atoms with van der Waals surface area (Å²) in [7, 11) is 0. The Bertz CT molecular complexity index is 551. The van der Waals surface area contributed by atoms with Crippen molar-refractivity contribution in [2.45, 2.75) is 39.3 Å². The van der Waals surface area contributed by atoms with Crippen molar-refractivity contribution in [1.29, 1.82) is 0 Å². The molecule has 0 saturated heterocycles. The van der Waals surface area contributed by atoms with Crippen molar-refractivity contribution in [2.24, 2.45) is 0 Å². The number of hydrogen-bond donors (Lipinski definition) is 3. The molecule has 0 fully saturated rings. The molecule has 1 amide bonds. The second-order valence-electron chi connectivity index (χ2n) is 5.89. The molecule has 0 aliphatic carbocycles. The van der Waals surface area contributed by atoms with Crippen LogP contribution in [0.1, 0.15) is 26.3 Å². The number of nitrogens with two attached hydrogens (primary N) is 1. The zero-order valence-electron chi connectivity index (χ0n) is 13.2. The fourth-order valence-electron chi connectivity index (χ4n) is 1.56. The number of aliphatic carboxylic acids is 1. The molecule has 0 aliphatic heterocycles. The molecule has 1 atom stereocenters. The Morgan fingerprint density at radius 2 is 2.00 bits per heavy atom. The molecular weight excluding hydrogens is 288 g/mol. The van der Waals surface area contributed by atoms with Crippen LogP contribution in [0.15, 0.2) is 18.2 Å². The summed E-state index contributed by atoms with van der Waals surface area (Å²) >= 11 is 0. The van der Waals surface area contributed by atoms with E-state index < -0.39 is 23.7 Å². The lowest BCUT2D eigenvalue weighted by Crippen LogP contribution is -2.46. The Balaban J connectivity index is 2.67. The number of alkyl carbamates (subject to hydrolysis) is 1. The highest BCUT2D eigenvalue weighted by molar-refractivity contribution is 5.80. The van der Waals surface area contributed by atoms with Crippen LogP contribution in [0.4, 0.5) is 10.5 Å². The van der Waals surface area contributed by atoms with Gasteiger partial charge in [-0.3, -0.25) is 0 Å². The molecule has 4 N–H and O–H groups in total. The van der Waals surface area contributed by atoms with Crippen molar-refractivity contribution < 1.29 is 24.2 Å². The molecule has 1 rings (SSSR count). The molecule has 1 aromatic carbocycles. The Hall–Kier alpha value is -2.44. The highest BCUT2D eigenvalue weighted by Crippen LogP contribution is 2.22. The van der Waals surface area contributed by atoms with Gasteiger partial charge in [0.05, 0.1) is 5.69 Å². The Morgan fingerprint density at radius 3 is 2.55 bits per heavy atom. The van der Waals surface area contributed by atoms with Gasteiger partial charge in [0.15, 0.2) is 6.04 Å². The summed E-state index contributed by atoms with van der Waals surface area (Å²) in [4.78, 5) is 22.8. The summed E-state index contributed by atoms with van der Waals surface area (Å²) in [6.45, 7) is 6.66. The summed E-state index contributed by atoms with van der Waals surface area (Å²) < 4.78 is 10.4. The smallest absolute Gasteiger partial charge is 0.408 e. The third kappa shape index (κ3) is 5.90. The van der Waals surface area contributed by atoms with E-state index in [1.165, 1.54) is 0 Å². The van der Waals surface area contributed by atoms with Crippen molar-refractivity contribution >= 4 is 17.7 Å². The predicted octanol–water partition coefficient (Wildman–Crippen LogP) is 1.93.